The van der Waals surface area contributed by atoms with Crippen LogP contribution in [0.5, 0.6) is 0 Å². The van der Waals surface area contributed by atoms with E-state index in [1.54, 1.807) is 0 Å². The number of ether oxygens (including phenoxy) is 2. The Bertz CT molecular complexity index is 639. The van der Waals surface area contributed by atoms with Gasteiger partial charge in [-0.1, -0.05) is 27.2 Å². The van der Waals surface area contributed by atoms with Crippen LogP contribution in [-0.2, 0) is 33.4 Å². The highest BCUT2D eigenvalue weighted by molar-refractivity contribution is 7.87. The first kappa shape index (κ1) is 17.7. The zero-order chi connectivity index (χ0) is 17.7. The van der Waals surface area contributed by atoms with Crippen molar-refractivity contribution >= 4 is 22.1 Å². The Morgan fingerprint density at radius 3 is 2.62 bits per heavy atom. The van der Waals surface area contributed by atoms with Crippen LogP contribution in [0, 0.1) is 17.3 Å². The number of esters is 2. The quantitative estimate of drug-likeness (QED) is 0.522. The summed E-state index contributed by atoms with van der Waals surface area (Å²) in [4.78, 5) is 23.4. The van der Waals surface area contributed by atoms with E-state index in [2.05, 4.69) is 0 Å². The minimum atomic E-state index is -3.58. The van der Waals surface area contributed by atoms with Crippen LogP contribution in [0.25, 0.3) is 0 Å². The van der Waals surface area contributed by atoms with Crippen molar-refractivity contribution in [1.82, 2.24) is 0 Å². The molecule has 5 atom stereocenters. The molecule has 0 N–H and O–H groups in total. The predicted molar refractivity (Wildman–Crippen MR) is 83.3 cm³/mol. The van der Waals surface area contributed by atoms with E-state index < -0.39 is 46.1 Å². The number of hydrogen-bond acceptors (Lipinski definition) is 7. The van der Waals surface area contributed by atoms with E-state index in [9.17, 15) is 18.0 Å². The fraction of sp³-hybridized carbons (Fsp3) is 0.875. The molecule has 2 saturated carbocycles. The molecule has 0 aromatic heterocycles. The molecular weight excluding hydrogens is 336 g/mol. The van der Waals surface area contributed by atoms with Crippen molar-refractivity contribution in [3.63, 3.8) is 0 Å². The highest BCUT2D eigenvalue weighted by Gasteiger charge is 2.73. The number of unbranched alkanes of at least 4 members (excludes halogenated alkanes) is 1. The Labute approximate surface area is 142 Å². The number of carbonyl (C=O) groups is 2. The van der Waals surface area contributed by atoms with E-state index in [-0.39, 0.29) is 23.7 Å². The zero-order valence-electron chi connectivity index (χ0n) is 14.2. The van der Waals surface area contributed by atoms with Crippen LogP contribution >= 0.6 is 0 Å². The molecule has 3 fully saturated rings. The fourth-order valence-corrected chi connectivity index (χ4v) is 6.55. The summed E-state index contributed by atoms with van der Waals surface area (Å²) in [6.07, 6.45) is 1.09. The van der Waals surface area contributed by atoms with Crippen molar-refractivity contribution in [1.29, 1.82) is 0 Å². The van der Waals surface area contributed by atoms with Gasteiger partial charge in [0, 0.05) is 18.3 Å². The zero-order valence-corrected chi connectivity index (χ0v) is 15.0. The van der Waals surface area contributed by atoms with E-state index in [4.69, 9.17) is 13.7 Å². The molecule has 1 heterocycles. The van der Waals surface area contributed by atoms with E-state index in [0.29, 0.717) is 12.8 Å². The topological polar surface area (TPSA) is 96.0 Å². The molecule has 1 aliphatic heterocycles. The molecule has 0 radical (unpaired) electrons. The summed E-state index contributed by atoms with van der Waals surface area (Å²) in [5.74, 6) is -1.30. The Balaban J connectivity index is 1.61. The summed E-state index contributed by atoms with van der Waals surface area (Å²) in [7, 11) is -3.58. The molecule has 0 aromatic carbocycles. The standard InChI is InChI=1S/C16H24O7S/c1-4-5-6-11(17)21-8-12(18)22-14-9-7-10-13(16(9,2)3)15(14)23-24(10,19)20/h9-10,13-15H,4-8H2,1-3H3. The monoisotopic (exact) mass is 360 g/mol. The maximum atomic E-state index is 12.1. The first-order valence-corrected chi connectivity index (χ1v) is 9.93. The lowest BCUT2D eigenvalue weighted by atomic mass is 9.81. The van der Waals surface area contributed by atoms with Crippen LogP contribution in [0.15, 0.2) is 0 Å². The van der Waals surface area contributed by atoms with Crippen LogP contribution in [0.1, 0.15) is 46.5 Å². The normalized spacial score (nSPS) is 37.4. The minimum absolute atomic E-state index is 0.0606. The third kappa shape index (κ3) is 2.73. The molecule has 3 aliphatic rings. The maximum Gasteiger partial charge on any atom is 0.344 e. The van der Waals surface area contributed by atoms with Crippen molar-refractivity contribution in [2.75, 3.05) is 6.61 Å². The number of fused-ring (bicyclic) bond motifs is 1. The minimum Gasteiger partial charge on any atom is -0.457 e. The SMILES string of the molecule is CCCCC(=O)OCC(=O)OC1C2OS(=O)(=O)C3CC1C(C)(C)C23. The van der Waals surface area contributed by atoms with Crippen molar-refractivity contribution in [3.8, 4) is 0 Å². The van der Waals surface area contributed by atoms with Crippen molar-refractivity contribution in [2.24, 2.45) is 17.3 Å². The van der Waals surface area contributed by atoms with Crippen LogP contribution in [0.2, 0.25) is 0 Å². The molecule has 0 spiro atoms. The second-order valence-corrected chi connectivity index (χ2v) is 9.28. The molecule has 5 unspecified atom stereocenters. The van der Waals surface area contributed by atoms with Crippen molar-refractivity contribution in [3.05, 3.63) is 0 Å². The number of carbonyl (C=O) groups excluding carboxylic acids is 2. The molecule has 0 amide bonds. The van der Waals surface area contributed by atoms with Gasteiger partial charge in [-0.15, -0.1) is 0 Å². The van der Waals surface area contributed by atoms with E-state index in [1.165, 1.54) is 0 Å². The molecule has 0 aromatic rings. The number of rotatable bonds is 6. The van der Waals surface area contributed by atoms with Crippen molar-refractivity contribution < 1.29 is 31.7 Å². The van der Waals surface area contributed by atoms with Gasteiger partial charge >= 0.3 is 11.9 Å². The average molecular weight is 360 g/mol. The molecule has 2 aliphatic carbocycles. The Kier molecular flexibility index (Phi) is 4.40. The largest absolute Gasteiger partial charge is 0.457 e. The van der Waals surface area contributed by atoms with Gasteiger partial charge in [-0.3, -0.25) is 8.98 Å². The van der Waals surface area contributed by atoms with Crippen LogP contribution < -0.4 is 0 Å². The molecular formula is C16H24O7S. The van der Waals surface area contributed by atoms with E-state index in [0.717, 1.165) is 6.42 Å². The van der Waals surface area contributed by atoms with Crippen LogP contribution in [-0.4, -0.2) is 44.4 Å². The third-order valence-corrected chi connectivity index (χ3v) is 7.46. The fourth-order valence-electron chi connectivity index (χ4n) is 4.56. The maximum absolute atomic E-state index is 12.1. The Morgan fingerprint density at radius 1 is 1.25 bits per heavy atom. The summed E-state index contributed by atoms with van der Waals surface area (Å²) < 4.78 is 39.8. The molecule has 136 valence electrons. The predicted octanol–water partition coefficient (Wildman–Crippen LogP) is 1.40. The molecule has 8 heteroatoms. The third-order valence-electron chi connectivity index (χ3n) is 5.74. The molecule has 24 heavy (non-hydrogen) atoms. The van der Waals surface area contributed by atoms with Gasteiger partial charge in [0.05, 0.1) is 5.25 Å². The summed E-state index contributed by atoms with van der Waals surface area (Å²) in [5.41, 5.74) is -0.262. The highest BCUT2D eigenvalue weighted by Crippen LogP contribution is 2.64. The smallest absolute Gasteiger partial charge is 0.344 e. The van der Waals surface area contributed by atoms with E-state index >= 15 is 0 Å². The van der Waals surface area contributed by atoms with Gasteiger partial charge in [-0.05, 0) is 18.3 Å². The van der Waals surface area contributed by atoms with Crippen LogP contribution in [0.4, 0.5) is 0 Å². The average Bonchev–Trinajstić information content (AvgIpc) is 2.96. The summed E-state index contributed by atoms with van der Waals surface area (Å²) in [6, 6.07) is 0. The van der Waals surface area contributed by atoms with Crippen LogP contribution in [0.3, 0.4) is 0 Å². The highest BCUT2D eigenvalue weighted by atomic mass is 32.2. The second-order valence-electron chi connectivity index (χ2n) is 7.50. The lowest BCUT2D eigenvalue weighted by Gasteiger charge is -2.26. The Hall–Kier alpha value is -1.15. The summed E-state index contributed by atoms with van der Waals surface area (Å²) >= 11 is 0. The first-order chi connectivity index (χ1) is 11.2. The lowest BCUT2D eigenvalue weighted by molar-refractivity contribution is -0.167. The van der Waals surface area contributed by atoms with E-state index in [1.807, 2.05) is 20.8 Å². The van der Waals surface area contributed by atoms with Gasteiger partial charge in [0.25, 0.3) is 10.1 Å². The summed E-state index contributed by atoms with van der Waals surface area (Å²) in [5, 5.41) is -0.496. The molecule has 2 bridgehead atoms. The van der Waals surface area contributed by atoms with Gasteiger partial charge < -0.3 is 9.47 Å². The number of hydrogen-bond donors (Lipinski definition) is 0. The first-order valence-electron chi connectivity index (χ1n) is 8.45. The van der Waals surface area contributed by atoms with Gasteiger partial charge in [-0.2, -0.15) is 8.42 Å². The Morgan fingerprint density at radius 2 is 1.96 bits per heavy atom. The molecule has 3 rings (SSSR count). The van der Waals surface area contributed by atoms with Gasteiger partial charge in [0.2, 0.25) is 0 Å². The molecule has 7 nitrogen and oxygen atoms in total. The summed E-state index contributed by atoms with van der Waals surface area (Å²) in [6.45, 7) is 5.51. The van der Waals surface area contributed by atoms with Gasteiger partial charge in [0.1, 0.15) is 12.2 Å². The molecule has 1 saturated heterocycles. The van der Waals surface area contributed by atoms with Gasteiger partial charge in [-0.25, -0.2) is 4.79 Å². The van der Waals surface area contributed by atoms with Crippen molar-refractivity contribution in [2.45, 2.75) is 63.9 Å². The second kappa shape index (κ2) is 5.98. The lowest BCUT2D eigenvalue weighted by Crippen LogP contribution is -2.38. The van der Waals surface area contributed by atoms with Gasteiger partial charge in [0.15, 0.2) is 6.61 Å².